The fourth-order valence-electron chi connectivity index (χ4n) is 2.67. The summed E-state index contributed by atoms with van der Waals surface area (Å²) < 4.78 is 11.3. The topological polar surface area (TPSA) is 73.6 Å². The molecule has 0 heterocycles. The Balaban J connectivity index is 0.00000392. The van der Waals surface area contributed by atoms with E-state index in [1.54, 1.807) is 19.2 Å². The zero-order chi connectivity index (χ0) is 19.8. The summed E-state index contributed by atoms with van der Waals surface area (Å²) in [6.45, 7) is 6.94. The van der Waals surface area contributed by atoms with Crippen LogP contribution in [0.15, 0.2) is 42.5 Å². The number of nitrogens with two attached hydrogens (primary N) is 1. The number of carbonyl (C=O) groups excluding carboxylic acids is 1. The fourth-order valence-corrected chi connectivity index (χ4v) is 2.67. The molecule has 0 bridgehead atoms. The highest BCUT2D eigenvalue weighted by Crippen LogP contribution is 2.30. The molecular formula is C22H31ClN2O3. The number of ether oxygens (including phenoxy) is 2. The maximum absolute atomic E-state index is 12.3. The third-order valence-corrected chi connectivity index (χ3v) is 4.36. The van der Waals surface area contributed by atoms with Gasteiger partial charge in [0, 0.05) is 5.69 Å². The second-order valence-corrected chi connectivity index (χ2v) is 7.15. The Morgan fingerprint density at radius 1 is 1.07 bits per heavy atom. The molecular weight excluding hydrogens is 376 g/mol. The molecule has 1 amide bonds. The quantitative estimate of drug-likeness (QED) is 0.599. The second kappa shape index (κ2) is 11.4. The fraction of sp³-hybridized carbons (Fsp3) is 0.409. The molecule has 2 aromatic carbocycles. The lowest BCUT2D eigenvalue weighted by Crippen LogP contribution is -2.28. The van der Waals surface area contributed by atoms with E-state index < -0.39 is 0 Å². The number of rotatable bonds is 9. The molecule has 0 radical (unpaired) electrons. The molecule has 0 aromatic heterocycles. The van der Waals surface area contributed by atoms with E-state index in [1.165, 1.54) is 0 Å². The van der Waals surface area contributed by atoms with Crippen LogP contribution in [0.1, 0.15) is 44.4 Å². The van der Waals surface area contributed by atoms with Crippen LogP contribution in [0, 0.1) is 5.92 Å². The van der Waals surface area contributed by atoms with Crippen molar-refractivity contribution in [3.05, 3.63) is 53.6 Å². The predicted octanol–water partition coefficient (Wildman–Crippen LogP) is 4.54. The van der Waals surface area contributed by atoms with E-state index in [0.29, 0.717) is 30.4 Å². The van der Waals surface area contributed by atoms with Gasteiger partial charge in [0.1, 0.15) is 0 Å². The molecule has 0 aliphatic heterocycles. The van der Waals surface area contributed by atoms with Crippen molar-refractivity contribution in [1.29, 1.82) is 0 Å². The van der Waals surface area contributed by atoms with Gasteiger partial charge in [-0.2, -0.15) is 0 Å². The number of carbonyl (C=O) groups is 1. The van der Waals surface area contributed by atoms with Crippen molar-refractivity contribution in [1.82, 2.24) is 5.32 Å². The van der Waals surface area contributed by atoms with Crippen LogP contribution in [0.2, 0.25) is 0 Å². The van der Waals surface area contributed by atoms with Crippen LogP contribution < -0.4 is 20.5 Å². The average molecular weight is 407 g/mol. The summed E-state index contributed by atoms with van der Waals surface area (Å²) in [6, 6.07) is 13.0. The summed E-state index contributed by atoms with van der Waals surface area (Å²) in [7, 11) is 1.62. The largest absolute Gasteiger partial charge is 0.493 e. The third-order valence-electron chi connectivity index (χ3n) is 4.36. The lowest BCUT2D eigenvalue weighted by atomic mass is 10.1. The number of hydrogen-bond donors (Lipinski definition) is 2. The first-order chi connectivity index (χ1) is 12.9. The monoisotopic (exact) mass is 406 g/mol. The zero-order valence-electron chi connectivity index (χ0n) is 17.0. The first kappa shape index (κ1) is 23.6. The van der Waals surface area contributed by atoms with Gasteiger partial charge in [-0.1, -0.05) is 32.0 Å². The van der Waals surface area contributed by atoms with E-state index in [1.807, 2.05) is 37.3 Å². The number of methoxy groups -OCH3 is 1. The standard InChI is InChI=1S/C22H30N2O3.ClH/c1-15(2)11-12-27-20-10-7-18(14-21(20)26-4)16(3)24-22(25)13-17-5-8-19(23)9-6-17;/h5-10,14-16H,11-13,23H2,1-4H3,(H,24,25);1H. The Morgan fingerprint density at radius 2 is 1.75 bits per heavy atom. The summed E-state index contributed by atoms with van der Waals surface area (Å²) in [5, 5.41) is 3.02. The van der Waals surface area contributed by atoms with Crippen LogP contribution in [-0.4, -0.2) is 19.6 Å². The summed E-state index contributed by atoms with van der Waals surface area (Å²) in [6.07, 6.45) is 1.31. The van der Waals surface area contributed by atoms with Crippen molar-refractivity contribution in [3.8, 4) is 11.5 Å². The van der Waals surface area contributed by atoms with Gasteiger partial charge in [0.25, 0.3) is 0 Å². The van der Waals surface area contributed by atoms with Crippen molar-refractivity contribution >= 4 is 24.0 Å². The Morgan fingerprint density at radius 3 is 2.36 bits per heavy atom. The molecule has 2 aromatic rings. The number of amides is 1. The zero-order valence-corrected chi connectivity index (χ0v) is 17.8. The molecule has 6 heteroatoms. The molecule has 0 saturated carbocycles. The molecule has 2 rings (SSSR count). The number of benzene rings is 2. The van der Waals surface area contributed by atoms with E-state index in [4.69, 9.17) is 15.2 Å². The van der Waals surface area contributed by atoms with Gasteiger partial charge in [0.2, 0.25) is 5.91 Å². The first-order valence-corrected chi connectivity index (χ1v) is 9.33. The lowest BCUT2D eigenvalue weighted by molar-refractivity contribution is -0.121. The lowest BCUT2D eigenvalue weighted by Gasteiger charge is -2.17. The maximum Gasteiger partial charge on any atom is 0.224 e. The van der Waals surface area contributed by atoms with E-state index in [2.05, 4.69) is 19.2 Å². The van der Waals surface area contributed by atoms with Crippen LogP contribution in [0.4, 0.5) is 5.69 Å². The van der Waals surface area contributed by atoms with Crippen molar-refractivity contribution in [2.75, 3.05) is 19.5 Å². The van der Waals surface area contributed by atoms with Crippen LogP contribution in [0.3, 0.4) is 0 Å². The number of hydrogen-bond acceptors (Lipinski definition) is 4. The normalized spacial score (nSPS) is 11.5. The van der Waals surface area contributed by atoms with E-state index in [9.17, 15) is 4.79 Å². The minimum Gasteiger partial charge on any atom is -0.493 e. The number of halogens is 1. The van der Waals surface area contributed by atoms with Crippen LogP contribution in [0.5, 0.6) is 11.5 Å². The molecule has 0 spiro atoms. The number of nitrogens with one attached hydrogen (secondary N) is 1. The Kier molecular flexibility index (Phi) is 9.66. The molecule has 0 fully saturated rings. The van der Waals surface area contributed by atoms with Gasteiger partial charge in [-0.25, -0.2) is 0 Å². The van der Waals surface area contributed by atoms with Gasteiger partial charge >= 0.3 is 0 Å². The van der Waals surface area contributed by atoms with Gasteiger partial charge in [-0.15, -0.1) is 12.4 Å². The second-order valence-electron chi connectivity index (χ2n) is 7.15. The van der Waals surface area contributed by atoms with Crippen LogP contribution in [-0.2, 0) is 11.2 Å². The molecule has 0 aliphatic carbocycles. The van der Waals surface area contributed by atoms with E-state index in [-0.39, 0.29) is 24.4 Å². The highest BCUT2D eigenvalue weighted by atomic mass is 35.5. The summed E-state index contributed by atoms with van der Waals surface area (Å²) in [4.78, 5) is 12.3. The highest BCUT2D eigenvalue weighted by Gasteiger charge is 2.13. The van der Waals surface area contributed by atoms with Crippen molar-refractivity contribution in [2.24, 2.45) is 5.92 Å². The van der Waals surface area contributed by atoms with Crippen LogP contribution >= 0.6 is 12.4 Å². The maximum atomic E-state index is 12.3. The number of anilines is 1. The molecule has 1 unspecified atom stereocenters. The molecule has 3 N–H and O–H groups in total. The van der Waals surface area contributed by atoms with Crippen LogP contribution in [0.25, 0.3) is 0 Å². The minimum absolute atomic E-state index is 0. The summed E-state index contributed by atoms with van der Waals surface area (Å²) in [5.41, 5.74) is 8.26. The Labute approximate surface area is 174 Å². The van der Waals surface area contributed by atoms with Crippen molar-refractivity contribution in [3.63, 3.8) is 0 Å². The number of nitrogen functional groups attached to an aromatic ring is 1. The Hall–Kier alpha value is -2.40. The van der Waals surface area contributed by atoms with Gasteiger partial charge in [-0.3, -0.25) is 4.79 Å². The van der Waals surface area contributed by atoms with Gasteiger partial charge in [0.05, 0.1) is 26.2 Å². The van der Waals surface area contributed by atoms with Gasteiger partial charge in [0.15, 0.2) is 11.5 Å². The van der Waals surface area contributed by atoms with Gasteiger partial charge < -0.3 is 20.5 Å². The third kappa shape index (κ3) is 7.31. The van der Waals surface area contributed by atoms with E-state index >= 15 is 0 Å². The molecule has 154 valence electrons. The molecule has 1 atom stereocenters. The summed E-state index contributed by atoms with van der Waals surface area (Å²) in [5.74, 6) is 1.95. The van der Waals surface area contributed by atoms with Crippen molar-refractivity contribution < 1.29 is 14.3 Å². The van der Waals surface area contributed by atoms with Gasteiger partial charge in [-0.05, 0) is 54.7 Å². The first-order valence-electron chi connectivity index (χ1n) is 9.33. The molecule has 5 nitrogen and oxygen atoms in total. The average Bonchev–Trinajstić information content (AvgIpc) is 2.63. The highest BCUT2D eigenvalue weighted by molar-refractivity contribution is 5.85. The summed E-state index contributed by atoms with van der Waals surface area (Å²) >= 11 is 0. The SMILES string of the molecule is COc1cc(C(C)NC(=O)Cc2ccc(N)cc2)ccc1OCCC(C)C.Cl. The van der Waals surface area contributed by atoms with E-state index in [0.717, 1.165) is 23.3 Å². The Bertz CT molecular complexity index is 748. The predicted molar refractivity (Wildman–Crippen MR) is 116 cm³/mol. The molecule has 0 saturated heterocycles. The molecule has 0 aliphatic rings. The minimum atomic E-state index is -0.134. The smallest absolute Gasteiger partial charge is 0.224 e. The molecule has 28 heavy (non-hydrogen) atoms. The van der Waals surface area contributed by atoms with Crippen molar-refractivity contribution in [2.45, 2.75) is 39.7 Å².